The number of urea groups is 1. The van der Waals surface area contributed by atoms with Gasteiger partial charge in [0, 0.05) is 19.6 Å². The van der Waals surface area contributed by atoms with Crippen molar-refractivity contribution >= 4 is 12.0 Å². The summed E-state index contributed by atoms with van der Waals surface area (Å²) in [5.74, 6) is 0.113. The number of carboxylic acid groups (broad SMARTS) is 1. The lowest BCUT2D eigenvalue weighted by Gasteiger charge is -2.36. The first-order valence-corrected chi connectivity index (χ1v) is 9.51. The van der Waals surface area contributed by atoms with Gasteiger partial charge in [-0.05, 0) is 30.7 Å². The Balaban J connectivity index is 1.97. The van der Waals surface area contributed by atoms with E-state index in [4.69, 9.17) is 14.6 Å². The van der Waals surface area contributed by atoms with Crippen molar-refractivity contribution in [2.24, 2.45) is 5.92 Å². The van der Waals surface area contributed by atoms with Crippen LogP contribution in [0.4, 0.5) is 4.79 Å². The van der Waals surface area contributed by atoms with Gasteiger partial charge in [0.15, 0.2) is 0 Å². The summed E-state index contributed by atoms with van der Waals surface area (Å²) < 4.78 is 10.9. The predicted molar refractivity (Wildman–Crippen MR) is 106 cm³/mol. The van der Waals surface area contributed by atoms with Gasteiger partial charge in [-0.25, -0.2) is 4.79 Å². The number of carboxylic acids is 1. The van der Waals surface area contributed by atoms with Crippen molar-refractivity contribution < 1.29 is 24.2 Å². The zero-order valence-electron chi connectivity index (χ0n) is 17.1. The Kier molecular flexibility index (Phi) is 8.07. The molecule has 1 aliphatic heterocycles. The summed E-state index contributed by atoms with van der Waals surface area (Å²) in [6.45, 7) is 5.92. The number of ether oxygens (including phenoxy) is 2. The van der Waals surface area contributed by atoms with E-state index in [1.54, 1.807) is 24.0 Å². The molecule has 2 amide bonds. The molecule has 1 aromatic carbocycles. The van der Waals surface area contributed by atoms with E-state index in [0.717, 1.165) is 11.3 Å². The molecule has 1 fully saturated rings. The first-order valence-electron chi connectivity index (χ1n) is 9.51. The molecule has 0 radical (unpaired) electrons. The molecule has 28 heavy (non-hydrogen) atoms. The number of carbonyl (C=O) groups excluding carboxylic acids is 1. The van der Waals surface area contributed by atoms with Gasteiger partial charge >= 0.3 is 12.0 Å². The van der Waals surface area contributed by atoms with Crippen LogP contribution in [0.15, 0.2) is 24.3 Å². The van der Waals surface area contributed by atoms with Gasteiger partial charge in [0.1, 0.15) is 5.75 Å². The van der Waals surface area contributed by atoms with E-state index in [2.05, 4.69) is 19.2 Å². The van der Waals surface area contributed by atoms with Crippen LogP contribution in [0.3, 0.4) is 0 Å². The number of amides is 2. The molecule has 2 unspecified atom stereocenters. The highest BCUT2D eigenvalue weighted by Gasteiger charge is 2.28. The number of benzene rings is 1. The van der Waals surface area contributed by atoms with Crippen molar-refractivity contribution in [3.8, 4) is 5.75 Å². The van der Waals surface area contributed by atoms with Crippen LogP contribution in [0, 0.1) is 5.92 Å². The fraction of sp³-hybridized carbons (Fsp3) is 0.600. The summed E-state index contributed by atoms with van der Waals surface area (Å²) in [4.78, 5) is 27.1. The van der Waals surface area contributed by atoms with Crippen LogP contribution in [0.1, 0.15) is 25.5 Å². The average Bonchev–Trinajstić information content (AvgIpc) is 2.65. The fourth-order valence-electron chi connectivity index (χ4n) is 3.33. The van der Waals surface area contributed by atoms with E-state index in [-0.39, 0.29) is 30.6 Å². The minimum Gasteiger partial charge on any atom is -0.497 e. The third kappa shape index (κ3) is 6.38. The SMILES string of the molecule is COc1ccc(C(NC(=O)N2CCOC(CN(C)CC(=O)O)C2)C(C)C)cc1. The minimum absolute atomic E-state index is 0.0566. The summed E-state index contributed by atoms with van der Waals surface area (Å²) in [7, 11) is 3.36. The third-order valence-electron chi connectivity index (χ3n) is 4.77. The number of nitrogens with zero attached hydrogens (tertiary/aromatic N) is 2. The molecule has 8 heteroatoms. The molecular formula is C20H31N3O5. The molecule has 0 spiro atoms. The molecule has 156 valence electrons. The Bertz CT molecular complexity index is 650. The highest BCUT2D eigenvalue weighted by molar-refractivity contribution is 5.75. The van der Waals surface area contributed by atoms with Crippen LogP contribution in [-0.2, 0) is 9.53 Å². The van der Waals surface area contributed by atoms with Crippen LogP contribution >= 0.6 is 0 Å². The third-order valence-corrected chi connectivity index (χ3v) is 4.77. The zero-order valence-corrected chi connectivity index (χ0v) is 17.1. The second-order valence-corrected chi connectivity index (χ2v) is 7.47. The number of morpholine rings is 1. The van der Waals surface area contributed by atoms with Gasteiger partial charge in [-0.2, -0.15) is 0 Å². The summed E-state index contributed by atoms with van der Waals surface area (Å²) in [5.41, 5.74) is 1.02. The normalized spacial score (nSPS) is 18.2. The van der Waals surface area contributed by atoms with E-state index in [9.17, 15) is 9.59 Å². The van der Waals surface area contributed by atoms with E-state index in [1.807, 2.05) is 24.3 Å². The van der Waals surface area contributed by atoms with Gasteiger partial charge in [-0.15, -0.1) is 0 Å². The molecule has 8 nitrogen and oxygen atoms in total. The monoisotopic (exact) mass is 393 g/mol. The van der Waals surface area contributed by atoms with Crippen molar-refractivity contribution in [1.82, 2.24) is 15.1 Å². The number of nitrogens with one attached hydrogen (secondary N) is 1. The van der Waals surface area contributed by atoms with E-state index >= 15 is 0 Å². The first-order chi connectivity index (χ1) is 13.3. The number of hydrogen-bond acceptors (Lipinski definition) is 5. The van der Waals surface area contributed by atoms with Gasteiger partial charge in [0.2, 0.25) is 0 Å². The highest BCUT2D eigenvalue weighted by atomic mass is 16.5. The quantitative estimate of drug-likeness (QED) is 0.700. The van der Waals surface area contributed by atoms with Crippen LogP contribution in [0.2, 0.25) is 0 Å². The number of likely N-dealkylation sites (N-methyl/N-ethyl adjacent to an activating group) is 1. The maximum absolute atomic E-state index is 12.8. The number of aliphatic carboxylic acids is 1. The summed E-state index contributed by atoms with van der Waals surface area (Å²) in [6, 6.07) is 7.46. The number of hydrogen-bond donors (Lipinski definition) is 2. The lowest BCUT2D eigenvalue weighted by atomic mass is 9.96. The molecule has 0 saturated carbocycles. The second kappa shape index (κ2) is 10.3. The number of rotatable bonds is 8. The zero-order chi connectivity index (χ0) is 20.7. The molecule has 1 aromatic rings. The van der Waals surface area contributed by atoms with Crippen molar-refractivity contribution in [3.05, 3.63) is 29.8 Å². The average molecular weight is 393 g/mol. The molecular weight excluding hydrogens is 362 g/mol. The molecule has 1 saturated heterocycles. The van der Waals surface area contributed by atoms with Crippen LogP contribution < -0.4 is 10.1 Å². The van der Waals surface area contributed by atoms with Crippen molar-refractivity contribution in [3.63, 3.8) is 0 Å². The van der Waals surface area contributed by atoms with Gasteiger partial charge in [0.05, 0.1) is 32.4 Å². The lowest BCUT2D eigenvalue weighted by Crippen LogP contribution is -2.53. The molecule has 0 aliphatic carbocycles. The van der Waals surface area contributed by atoms with Gasteiger partial charge in [0.25, 0.3) is 0 Å². The van der Waals surface area contributed by atoms with Crippen molar-refractivity contribution in [1.29, 1.82) is 0 Å². The van der Waals surface area contributed by atoms with E-state index < -0.39 is 5.97 Å². The van der Waals surface area contributed by atoms with Gasteiger partial charge < -0.3 is 24.8 Å². The van der Waals surface area contributed by atoms with Crippen molar-refractivity contribution in [2.45, 2.75) is 26.0 Å². The summed E-state index contributed by atoms with van der Waals surface area (Å²) >= 11 is 0. The first kappa shape index (κ1) is 22.0. The lowest BCUT2D eigenvalue weighted by molar-refractivity contribution is -0.138. The Morgan fingerprint density at radius 1 is 1.36 bits per heavy atom. The smallest absolute Gasteiger partial charge is 0.318 e. The molecule has 2 N–H and O–H groups in total. The van der Waals surface area contributed by atoms with Crippen LogP contribution in [-0.4, -0.2) is 80.0 Å². The maximum atomic E-state index is 12.8. The second-order valence-electron chi connectivity index (χ2n) is 7.47. The predicted octanol–water partition coefficient (Wildman–Crippen LogP) is 1.82. The van der Waals surface area contributed by atoms with Crippen LogP contribution in [0.25, 0.3) is 0 Å². The topological polar surface area (TPSA) is 91.3 Å². The summed E-state index contributed by atoms with van der Waals surface area (Å²) in [6.07, 6.45) is -0.206. The Hall–Kier alpha value is -2.32. The maximum Gasteiger partial charge on any atom is 0.318 e. The molecule has 2 rings (SSSR count). The molecule has 1 heterocycles. The Morgan fingerprint density at radius 3 is 2.61 bits per heavy atom. The van der Waals surface area contributed by atoms with Gasteiger partial charge in [-0.1, -0.05) is 26.0 Å². The Labute approximate surface area is 166 Å². The van der Waals surface area contributed by atoms with E-state index in [0.29, 0.717) is 26.2 Å². The number of methoxy groups -OCH3 is 1. The van der Waals surface area contributed by atoms with E-state index in [1.165, 1.54) is 0 Å². The molecule has 0 bridgehead atoms. The minimum atomic E-state index is -0.882. The number of carbonyl (C=O) groups is 2. The van der Waals surface area contributed by atoms with Crippen LogP contribution in [0.5, 0.6) is 5.75 Å². The standard InChI is InChI=1S/C20H31N3O5/c1-14(2)19(15-5-7-16(27-4)8-6-15)21-20(26)23-9-10-28-17(12-23)11-22(3)13-18(24)25/h5-8,14,17,19H,9-13H2,1-4H3,(H,21,26)(H,24,25). The van der Waals surface area contributed by atoms with Gasteiger partial charge in [-0.3, -0.25) is 9.69 Å². The molecule has 2 atom stereocenters. The highest BCUT2D eigenvalue weighted by Crippen LogP contribution is 2.24. The molecule has 0 aromatic heterocycles. The summed E-state index contributed by atoms with van der Waals surface area (Å²) in [5, 5.41) is 12.0. The Morgan fingerprint density at radius 2 is 2.04 bits per heavy atom. The molecule has 1 aliphatic rings. The largest absolute Gasteiger partial charge is 0.497 e. The van der Waals surface area contributed by atoms with Crippen molar-refractivity contribution in [2.75, 3.05) is 46.9 Å². The fourth-order valence-corrected chi connectivity index (χ4v) is 3.33.